The highest BCUT2D eigenvalue weighted by Gasteiger charge is 2.40. The van der Waals surface area contributed by atoms with Gasteiger partial charge in [0, 0.05) is 5.03 Å². The minimum atomic E-state index is 0.510. The van der Waals surface area contributed by atoms with E-state index in [-0.39, 0.29) is 0 Å². The second kappa shape index (κ2) is 3.21. The van der Waals surface area contributed by atoms with Crippen LogP contribution in [0.15, 0.2) is 11.1 Å². The van der Waals surface area contributed by atoms with Crippen molar-refractivity contribution in [1.82, 2.24) is 0 Å². The molecule has 0 aromatic rings. The van der Waals surface area contributed by atoms with Gasteiger partial charge < -0.3 is 0 Å². The molecule has 2 aliphatic carbocycles. The highest BCUT2D eigenvalue weighted by molar-refractivity contribution is 6.30. The molecule has 2 heteroatoms. The molecule has 0 saturated heterocycles. The molecule has 2 aliphatic rings. The number of aldehydes is 1. The molecule has 12 heavy (non-hydrogen) atoms. The van der Waals surface area contributed by atoms with Crippen molar-refractivity contribution in [1.29, 1.82) is 0 Å². The van der Waals surface area contributed by atoms with Crippen LogP contribution in [0, 0.1) is 17.8 Å². The topological polar surface area (TPSA) is 17.1 Å². The highest BCUT2D eigenvalue weighted by atomic mass is 35.5. The van der Waals surface area contributed by atoms with Crippen LogP contribution in [0.4, 0.5) is 0 Å². The van der Waals surface area contributed by atoms with Crippen LogP contribution in [0.25, 0.3) is 0 Å². The fourth-order valence-corrected chi connectivity index (χ4v) is 3.09. The highest BCUT2D eigenvalue weighted by Crippen LogP contribution is 2.51. The molecule has 2 bridgehead atoms. The maximum absolute atomic E-state index is 10.2. The Morgan fingerprint density at radius 1 is 1.33 bits per heavy atom. The van der Waals surface area contributed by atoms with E-state index < -0.39 is 0 Å². The summed E-state index contributed by atoms with van der Waals surface area (Å²) in [4.78, 5) is 10.2. The number of rotatable bonds is 2. The van der Waals surface area contributed by atoms with Gasteiger partial charge >= 0.3 is 0 Å². The second-order valence-corrected chi connectivity index (χ2v) is 4.41. The van der Waals surface area contributed by atoms with Crippen LogP contribution in [0.3, 0.4) is 0 Å². The molecule has 1 nitrogen and oxygen atoms in total. The molecule has 0 radical (unpaired) electrons. The third-order valence-corrected chi connectivity index (χ3v) is 3.73. The number of hydrogen-bond donors (Lipinski definition) is 0. The molecule has 2 saturated carbocycles. The molecule has 66 valence electrons. The number of fused-ring (bicyclic) bond motifs is 2. The molecule has 0 aromatic heterocycles. The zero-order chi connectivity index (χ0) is 8.55. The van der Waals surface area contributed by atoms with Gasteiger partial charge in [0.2, 0.25) is 0 Å². The Balaban J connectivity index is 2.06. The lowest BCUT2D eigenvalue weighted by Gasteiger charge is -2.20. The fraction of sp³-hybridized carbons (Fsp3) is 0.700. The van der Waals surface area contributed by atoms with E-state index in [9.17, 15) is 4.79 Å². The van der Waals surface area contributed by atoms with Crippen molar-refractivity contribution in [3.05, 3.63) is 11.1 Å². The van der Waals surface area contributed by atoms with Crippen molar-refractivity contribution in [2.45, 2.75) is 25.7 Å². The van der Waals surface area contributed by atoms with Crippen LogP contribution in [0.1, 0.15) is 25.7 Å². The van der Waals surface area contributed by atoms with Gasteiger partial charge in [0.15, 0.2) is 0 Å². The van der Waals surface area contributed by atoms with E-state index in [4.69, 9.17) is 11.6 Å². The third-order valence-electron chi connectivity index (χ3n) is 3.32. The van der Waals surface area contributed by atoms with Crippen LogP contribution < -0.4 is 0 Å². The van der Waals surface area contributed by atoms with Gasteiger partial charge in [-0.3, -0.25) is 4.79 Å². The maximum Gasteiger partial charge on any atom is 0.144 e. The summed E-state index contributed by atoms with van der Waals surface area (Å²) in [7, 11) is 0. The molecular weight excluding hydrogens is 172 g/mol. The summed E-state index contributed by atoms with van der Waals surface area (Å²) in [6, 6.07) is 0. The van der Waals surface area contributed by atoms with Crippen molar-refractivity contribution in [3.8, 4) is 0 Å². The number of carbonyl (C=O) groups excluding carboxylic acids is 1. The van der Waals surface area contributed by atoms with Crippen molar-refractivity contribution in [2.24, 2.45) is 17.8 Å². The molecule has 3 atom stereocenters. The van der Waals surface area contributed by atoms with Gasteiger partial charge in [-0.1, -0.05) is 18.0 Å². The lowest BCUT2D eigenvalue weighted by molar-refractivity contribution is -0.104. The number of carbonyl (C=O) groups is 1. The summed E-state index contributed by atoms with van der Waals surface area (Å²) in [5, 5.41) is 0.789. The SMILES string of the molecule is O=C/C=C(\Cl)C1CC2CCC1C2. The first-order valence-electron chi connectivity index (χ1n) is 4.62. The molecular formula is C10H13ClO. The molecule has 2 rings (SSSR count). The van der Waals surface area contributed by atoms with Crippen LogP contribution in [0.5, 0.6) is 0 Å². The summed E-state index contributed by atoms with van der Waals surface area (Å²) in [5.41, 5.74) is 0. The van der Waals surface area contributed by atoms with Gasteiger partial charge in [0.1, 0.15) is 6.29 Å². The molecule has 0 aromatic carbocycles. The number of halogens is 1. The lowest BCUT2D eigenvalue weighted by atomic mass is 9.88. The predicted octanol–water partition coefficient (Wildman–Crippen LogP) is 2.74. The van der Waals surface area contributed by atoms with E-state index in [2.05, 4.69) is 0 Å². The van der Waals surface area contributed by atoms with E-state index >= 15 is 0 Å². The lowest BCUT2D eigenvalue weighted by Crippen LogP contribution is -2.10. The molecule has 0 N–H and O–H groups in total. The second-order valence-electron chi connectivity index (χ2n) is 3.97. The van der Waals surface area contributed by atoms with Crippen LogP contribution in [-0.4, -0.2) is 6.29 Å². The van der Waals surface area contributed by atoms with Gasteiger partial charge in [-0.15, -0.1) is 0 Å². The molecule has 2 fully saturated rings. The van der Waals surface area contributed by atoms with Gasteiger partial charge in [0.25, 0.3) is 0 Å². The van der Waals surface area contributed by atoms with E-state index in [1.807, 2.05) is 0 Å². The summed E-state index contributed by atoms with van der Waals surface area (Å²) in [6.45, 7) is 0. The zero-order valence-corrected chi connectivity index (χ0v) is 7.76. The smallest absolute Gasteiger partial charge is 0.144 e. The van der Waals surface area contributed by atoms with E-state index in [1.54, 1.807) is 0 Å². The molecule has 0 spiro atoms. The Hall–Kier alpha value is -0.300. The fourth-order valence-electron chi connectivity index (χ4n) is 2.77. The van der Waals surface area contributed by atoms with Crippen LogP contribution in [-0.2, 0) is 4.79 Å². The largest absolute Gasteiger partial charge is 0.299 e. The Morgan fingerprint density at radius 2 is 2.17 bits per heavy atom. The predicted molar refractivity (Wildman–Crippen MR) is 48.9 cm³/mol. The minimum absolute atomic E-state index is 0.510. The normalized spacial score (nSPS) is 40.4. The van der Waals surface area contributed by atoms with Crippen LogP contribution in [0.2, 0.25) is 0 Å². The average molecular weight is 185 g/mol. The monoisotopic (exact) mass is 184 g/mol. The summed E-state index contributed by atoms with van der Waals surface area (Å²) < 4.78 is 0. The Bertz CT molecular complexity index is 222. The van der Waals surface area contributed by atoms with E-state index in [1.165, 1.54) is 31.8 Å². The Labute approximate surface area is 77.8 Å². The molecule has 3 unspecified atom stereocenters. The van der Waals surface area contributed by atoms with Crippen molar-refractivity contribution >= 4 is 17.9 Å². The quantitative estimate of drug-likeness (QED) is 0.477. The minimum Gasteiger partial charge on any atom is -0.299 e. The van der Waals surface area contributed by atoms with Gasteiger partial charge in [-0.2, -0.15) is 0 Å². The first-order chi connectivity index (χ1) is 5.81. The maximum atomic E-state index is 10.2. The first-order valence-corrected chi connectivity index (χ1v) is 5.00. The number of allylic oxidation sites excluding steroid dienone is 2. The zero-order valence-electron chi connectivity index (χ0n) is 7.00. The van der Waals surface area contributed by atoms with Crippen molar-refractivity contribution in [2.75, 3.05) is 0 Å². The van der Waals surface area contributed by atoms with Crippen molar-refractivity contribution < 1.29 is 4.79 Å². The molecule has 0 aliphatic heterocycles. The first kappa shape index (κ1) is 8.31. The summed E-state index contributed by atoms with van der Waals surface area (Å²) >= 11 is 6.01. The van der Waals surface area contributed by atoms with Gasteiger partial charge in [0.05, 0.1) is 0 Å². The summed E-state index contributed by atoms with van der Waals surface area (Å²) in [5.74, 6) is 2.18. The van der Waals surface area contributed by atoms with Gasteiger partial charge in [-0.05, 0) is 43.1 Å². The molecule has 0 amide bonds. The van der Waals surface area contributed by atoms with Crippen LogP contribution >= 0.6 is 11.6 Å². The van der Waals surface area contributed by atoms with E-state index in [0.29, 0.717) is 5.92 Å². The third kappa shape index (κ3) is 1.31. The standard InChI is InChI=1S/C10H13ClO/c11-10(3-4-12)9-6-7-1-2-8(9)5-7/h3-4,7-9H,1-2,5-6H2/b10-3-. The van der Waals surface area contributed by atoms with E-state index in [0.717, 1.165) is 23.2 Å². The average Bonchev–Trinajstić information content (AvgIpc) is 2.64. The number of hydrogen-bond acceptors (Lipinski definition) is 1. The summed E-state index contributed by atoms with van der Waals surface area (Å²) in [6.07, 6.45) is 7.58. The van der Waals surface area contributed by atoms with Gasteiger partial charge in [-0.25, -0.2) is 0 Å². The Kier molecular flexibility index (Phi) is 2.22. The molecule has 0 heterocycles. The van der Waals surface area contributed by atoms with Crippen molar-refractivity contribution in [3.63, 3.8) is 0 Å². The Morgan fingerprint density at radius 3 is 2.67 bits per heavy atom.